The molecule has 0 saturated heterocycles. The van der Waals surface area contributed by atoms with Crippen molar-refractivity contribution in [1.82, 2.24) is 14.9 Å². The van der Waals surface area contributed by atoms with Gasteiger partial charge in [0.05, 0.1) is 16.8 Å². The molecule has 0 radical (unpaired) electrons. The third-order valence-corrected chi connectivity index (χ3v) is 4.94. The number of nitrogens with one attached hydrogen (secondary N) is 2. The molecular weight excluding hydrogens is 270 g/mol. The van der Waals surface area contributed by atoms with Gasteiger partial charge < -0.3 is 5.11 Å². The minimum atomic E-state index is -3.76. The first-order chi connectivity index (χ1) is 8.64. The molecule has 0 saturated carbocycles. The summed E-state index contributed by atoms with van der Waals surface area (Å²) in [6, 6.07) is 0. The largest absolute Gasteiger partial charge is 0.481 e. The maximum Gasteiger partial charge on any atom is 0.310 e. The van der Waals surface area contributed by atoms with Gasteiger partial charge in [-0.15, -0.1) is 0 Å². The number of sulfonamides is 1. The van der Waals surface area contributed by atoms with Crippen molar-refractivity contribution >= 4 is 16.0 Å². The first-order valence-electron chi connectivity index (χ1n) is 5.88. The highest BCUT2D eigenvalue weighted by Gasteiger charge is 2.33. The summed E-state index contributed by atoms with van der Waals surface area (Å²) >= 11 is 0. The SMILES string of the molecule is CCC(C)(CNS(=O)(=O)c1c(C)n[nH]c1C)C(=O)O. The molecule has 0 fully saturated rings. The van der Waals surface area contributed by atoms with E-state index in [2.05, 4.69) is 14.9 Å². The van der Waals surface area contributed by atoms with Crippen molar-refractivity contribution in [3.05, 3.63) is 11.4 Å². The summed E-state index contributed by atoms with van der Waals surface area (Å²) in [6.07, 6.45) is 0.328. The molecular formula is C11H19N3O4S. The Morgan fingerprint density at radius 1 is 1.47 bits per heavy atom. The standard InChI is InChI=1S/C11H19N3O4S/c1-5-11(4,10(15)16)6-12-19(17,18)9-7(2)13-14-8(9)3/h12H,5-6H2,1-4H3,(H,13,14)(H,15,16). The lowest BCUT2D eigenvalue weighted by atomic mass is 9.88. The molecule has 8 heteroatoms. The van der Waals surface area contributed by atoms with Gasteiger partial charge in [-0.3, -0.25) is 9.89 Å². The average Bonchev–Trinajstić information content (AvgIpc) is 2.66. The summed E-state index contributed by atoms with van der Waals surface area (Å²) in [7, 11) is -3.76. The van der Waals surface area contributed by atoms with E-state index in [-0.39, 0.29) is 11.4 Å². The first-order valence-corrected chi connectivity index (χ1v) is 7.37. The van der Waals surface area contributed by atoms with E-state index in [1.807, 2.05) is 0 Å². The second-order valence-electron chi connectivity index (χ2n) is 4.81. The summed E-state index contributed by atoms with van der Waals surface area (Å²) in [4.78, 5) is 11.2. The summed E-state index contributed by atoms with van der Waals surface area (Å²) in [5.41, 5.74) is -0.337. The van der Waals surface area contributed by atoms with E-state index in [4.69, 9.17) is 5.11 Å². The Labute approximate surface area is 112 Å². The fraction of sp³-hybridized carbons (Fsp3) is 0.636. The molecule has 0 amide bonds. The Bertz CT molecular complexity index is 559. The molecule has 7 nitrogen and oxygen atoms in total. The number of rotatable bonds is 6. The van der Waals surface area contributed by atoms with E-state index >= 15 is 0 Å². The van der Waals surface area contributed by atoms with Gasteiger partial charge in [0.2, 0.25) is 10.0 Å². The van der Waals surface area contributed by atoms with Gasteiger partial charge in [-0.2, -0.15) is 5.10 Å². The number of aromatic nitrogens is 2. The van der Waals surface area contributed by atoms with Crippen LogP contribution in [0.3, 0.4) is 0 Å². The Hall–Kier alpha value is -1.41. The summed E-state index contributed by atoms with van der Waals surface area (Å²) in [6.45, 7) is 6.23. The second-order valence-corrected chi connectivity index (χ2v) is 6.51. The van der Waals surface area contributed by atoms with Crippen molar-refractivity contribution in [2.45, 2.75) is 39.0 Å². The molecule has 108 valence electrons. The maximum atomic E-state index is 12.2. The smallest absolute Gasteiger partial charge is 0.310 e. The van der Waals surface area contributed by atoms with Crippen LogP contribution in [-0.4, -0.2) is 36.2 Å². The van der Waals surface area contributed by atoms with E-state index < -0.39 is 21.4 Å². The van der Waals surface area contributed by atoms with Gasteiger partial charge in [0.25, 0.3) is 0 Å². The molecule has 1 rings (SSSR count). The van der Waals surface area contributed by atoms with E-state index in [1.165, 1.54) is 6.92 Å². The zero-order valence-electron chi connectivity index (χ0n) is 11.4. The number of hydrogen-bond acceptors (Lipinski definition) is 4. The van der Waals surface area contributed by atoms with Gasteiger partial charge in [-0.1, -0.05) is 6.92 Å². The molecule has 1 unspecified atom stereocenters. The van der Waals surface area contributed by atoms with Crippen molar-refractivity contribution in [3.63, 3.8) is 0 Å². The molecule has 1 aromatic heterocycles. The van der Waals surface area contributed by atoms with Crippen LogP contribution in [-0.2, 0) is 14.8 Å². The third kappa shape index (κ3) is 3.13. The number of aromatic amines is 1. The lowest BCUT2D eigenvalue weighted by molar-refractivity contribution is -0.147. The van der Waals surface area contributed by atoms with E-state index in [0.29, 0.717) is 17.8 Å². The predicted molar refractivity (Wildman–Crippen MR) is 69.3 cm³/mol. The van der Waals surface area contributed by atoms with Crippen molar-refractivity contribution < 1.29 is 18.3 Å². The number of carboxylic acids is 1. The van der Waals surface area contributed by atoms with Crippen LogP contribution in [0, 0.1) is 19.3 Å². The van der Waals surface area contributed by atoms with Crippen molar-refractivity contribution in [1.29, 1.82) is 0 Å². The van der Waals surface area contributed by atoms with Crippen LogP contribution < -0.4 is 4.72 Å². The summed E-state index contributed by atoms with van der Waals surface area (Å²) in [5.74, 6) is -1.03. The molecule has 0 bridgehead atoms. The van der Waals surface area contributed by atoms with E-state index in [0.717, 1.165) is 0 Å². The van der Waals surface area contributed by atoms with Crippen molar-refractivity contribution in [2.75, 3.05) is 6.54 Å². The highest BCUT2D eigenvalue weighted by atomic mass is 32.2. The molecule has 0 spiro atoms. The number of carbonyl (C=O) groups is 1. The lowest BCUT2D eigenvalue weighted by Crippen LogP contribution is -2.40. The fourth-order valence-electron chi connectivity index (χ4n) is 1.61. The molecule has 0 aliphatic carbocycles. The summed E-state index contributed by atoms with van der Waals surface area (Å²) < 4.78 is 26.7. The molecule has 0 aromatic carbocycles. The van der Waals surface area contributed by atoms with Gasteiger partial charge in [0.1, 0.15) is 4.90 Å². The maximum absolute atomic E-state index is 12.2. The number of aryl methyl sites for hydroxylation is 2. The van der Waals surface area contributed by atoms with Gasteiger partial charge in [-0.25, -0.2) is 13.1 Å². The lowest BCUT2D eigenvalue weighted by Gasteiger charge is -2.23. The Kier molecular flexibility index (Phi) is 4.36. The number of H-pyrrole nitrogens is 1. The minimum Gasteiger partial charge on any atom is -0.481 e. The van der Waals surface area contributed by atoms with Gasteiger partial charge in [0, 0.05) is 6.54 Å². The van der Waals surface area contributed by atoms with Crippen molar-refractivity contribution in [3.8, 4) is 0 Å². The topological polar surface area (TPSA) is 112 Å². The van der Waals surface area contributed by atoms with Crippen LogP contribution in [0.1, 0.15) is 31.7 Å². The first kappa shape index (κ1) is 15.6. The quantitative estimate of drug-likeness (QED) is 0.717. The number of nitrogens with zero attached hydrogens (tertiary/aromatic N) is 1. The third-order valence-electron chi connectivity index (χ3n) is 3.28. The zero-order valence-corrected chi connectivity index (χ0v) is 12.3. The molecule has 1 atom stereocenters. The second kappa shape index (κ2) is 5.30. The normalized spacial score (nSPS) is 15.2. The van der Waals surface area contributed by atoms with Crippen LogP contribution in [0.5, 0.6) is 0 Å². The zero-order chi connectivity index (χ0) is 14.8. The van der Waals surface area contributed by atoms with Gasteiger partial charge in [0.15, 0.2) is 0 Å². The Balaban J connectivity index is 2.97. The molecule has 19 heavy (non-hydrogen) atoms. The molecule has 1 heterocycles. The Morgan fingerprint density at radius 2 is 2.05 bits per heavy atom. The van der Waals surface area contributed by atoms with Gasteiger partial charge in [-0.05, 0) is 27.2 Å². The minimum absolute atomic E-state index is 0.0799. The summed E-state index contributed by atoms with van der Waals surface area (Å²) in [5, 5.41) is 15.5. The number of hydrogen-bond donors (Lipinski definition) is 3. The number of carboxylic acid groups (broad SMARTS) is 1. The Morgan fingerprint density at radius 3 is 2.42 bits per heavy atom. The molecule has 1 aromatic rings. The van der Waals surface area contributed by atoms with Crippen LogP contribution in [0.4, 0.5) is 0 Å². The number of aliphatic carboxylic acids is 1. The highest BCUT2D eigenvalue weighted by Crippen LogP contribution is 2.22. The van der Waals surface area contributed by atoms with Crippen LogP contribution in [0.2, 0.25) is 0 Å². The van der Waals surface area contributed by atoms with E-state index in [9.17, 15) is 13.2 Å². The molecule has 0 aliphatic heterocycles. The average molecular weight is 289 g/mol. The van der Waals surface area contributed by atoms with Crippen LogP contribution >= 0.6 is 0 Å². The van der Waals surface area contributed by atoms with Gasteiger partial charge >= 0.3 is 5.97 Å². The fourth-order valence-corrected chi connectivity index (χ4v) is 3.15. The van der Waals surface area contributed by atoms with Crippen molar-refractivity contribution in [2.24, 2.45) is 5.41 Å². The van der Waals surface area contributed by atoms with Crippen LogP contribution in [0.25, 0.3) is 0 Å². The predicted octanol–water partition coefficient (Wildman–Crippen LogP) is 0.806. The van der Waals surface area contributed by atoms with E-state index in [1.54, 1.807) is 20.8 Å². The monoisotopic (exact) mass is 289 g/mol. The van der Waals surface area contributed by atoms with Crippen LogP contribution in [0.15, 0.2) is 4.90 Å². The molecule has 0 aliphatic rings. The molecule has 3 N–H and O–H groups in total. The highest BCUT2D eigenvalue weighted by molar-refractivity contribution is 7.89.